The lowest BCUT2D eigenvalue weighted by atomic mass is 9.95. The summed E-state index contributed by atoms with van der Waals surface area (Å²) in [7, 11) is -7.32. The van der Waals surface area contributed by atoms with Gasteiger partial charge >= 0.3 is 0 Å². The third kappa shape index (κ3) is 4.94. The summed E-state index contributed by atoms with van der Waals surface area (Å²) in [6, 6.07) is 5.31. The van der Waals surface area contributed by atoms with Gasteiger partial charge in [-0.2, -0.15) is 4.31 Å². The van der Waals surface area contributed by atoms with Gasteiger partial charge < -0.3 is 4.74 Å². The van der Waals surface area contributed by atoms with Crippen molar-refractivity contribution in [3.8, 4) is 0 Å². The van der Waals surface area contributed by atoms with Gasteiger partial charge in [0.1, 0.15) is 0 Å². The quantitative estimate of drug-likeness (QED) is 0.774. The van der Waals surface area contributed by atoms with Gasteiger partial charge in [-0.25, -0.2) is 21.6 Å². The predicted molar refractivity (Wildman–Crippen MR) is 107 cm³/mol. The van der Waals surface area contributed by atoms with E-state index in [4.69, 9.17) is 4.74 Å². The number of hydrogen-bond donors (Lipinski definition) is 1. The van der Waals surface area contributed by atoms with Crippen LogP contribution >= 0.6 is 0 Å². The van der Waals surface area contributed by atoms with Crippen LogP contribution in [-0.2, 0) is 24.8 Å². The van der Waals surface area contributed by atoms with Gasteiger partial charge in [-0.3, -0.25) is 0 Å². The van der Waals surface area contributed by atoms with Crippen LogP contribution in [0.5, 0.6) is 0 Å². The molecule has 28 heavy (non-hydrogen) atoms. The van der Waals surface area contributed by atoms with Crippen molar-refractivity contribution in [2.24, 2.45) is 5.92 Å². The highest BCUT2D eigenvalue weighted by Gasteiger charge is 2.32. The highest BCUT2D eigenvalue weighted by Crippen LogP contribution is 2.27. The van der Waals surface area contributed by atoms with Crippen LogP contribution in [0.3, 0.4) is 0 Å². The number of sulfonamides is 2. The summed E-state index contributed by atoms with van der Waals surface area (Å²) < 4.78 is 60.9. The van der Waals surface area contributed by atoms with Crippen LogP contribution in [0.15, 0.2) is 34.1 Å². The molecule has 7 nitrogen and oxygen atoms in total. The largest absolute Gasteiger partial charge is 0.375 e. The summed E-state index contributed by atoms with van der Waals surface area (Å²) in [5.74, 6) is 0.330. The molecule has 2 unspecified atom stereocenters. The molecule has 0 aliphatic carbocycles. The first-order valence-electron chi connectivity index (χ1n) is 9.76. The molecule has 0 spiro atoms. The zero-order valence-electron chi connectivity index (χ0n) is 16.7. The third-order valence-corrected chi connectivity index (χ3v) is 8.83. The zero-order valence-corrected chi connectivity index (χ0v) is 18.4. The maximum absolute atomic E-state index is 12.8. The standard InChI is InChI=1S/C19H30N2O5S2/c1-15-5-4-11-21(14-15)28(24,25)18-8-6-17(7-9-18)27(22,23)20-16-10-12-26-19(2,3)13-16/h6-9,15-16,20H,4-5,10-14H2,1-3H3. The zero-order chi connectivity index (χ0) is 20.6. The first-order chi connectivity index (χ1) is 13.0. The van der Waals surface area contributed by atoms with E-state index in [9.17, 15) is 16.8 Å². The van der Waals surface area contributed by atoms with Crippen LogP contribution in [0.25, 0.3) is 0 Å². The fraction of sp³-hybridized carbons (Fsp3) is 0.684. The van der Waals surface area contributed by atoms with Crippen molar-refractivity contribution in [2.45, 2.75) is 67.9 Å². The Bertz CT molecular complexity index is 895. The second kappa shape index (κ2) is 8.02. The van der Waals surface area contributed by atoms with Gasteiger partial charge in [-0.05, 0) is 69.7 Å². The molecule has 2 saturated heterocycles. The topological polar surface area (TPSA) is 92.8 Å². The van der Waals surface area contributed by atoms with Crippen LogP contribution in [-0.4, -0.2) is 52.5 Å². The van der Waals surface area contributed by atoms with Gasteiger partial charge in [0.25, 0.3) is 0 Å². The molecule has 9 heteroatoms. The molecule has 3 rings (SSSR count). The number of hydrogen-bond acceptors (Lipinski definition) is 5. The SMILES string of the molecule is CC1CCCN(S(=O)(=O)c2ccc(S(=O)(=O)NC3CCOC(C)(C)C3)cc2)C1. The molecule has 2 atom stereocenters. The Balaban J connectivity index is 1.74. The molecule has 0 saturated carbocycles. The van der Waals surface area contributed by atoms with Crippen molar-refractivity contribution < 1.29 is 21.6 Å². The van der Waals surface area contributed by atoms with Crippen molar-refractivity contribution >= 4 is 20.0 Å². The number of ether oxygens (including phenoxy) is 1. The Hall–Kier alpha value is -1.00. The molecule has 2 heterocycles. The van der Waals surface area contributed by atoms with E-state index < -0.39 is 20.0 Å². The van der Waals surface area contributed by atoms with Gasteiger partial charge in [-0.15, -0.1) is 0 Å². The van der Waals surface area contributed by atoms with E-state index in [0.717, 1.165) is 12.8 Å². The molecule has 1 aromatic carbocycles. The molecule has 0 radical (unpaired) electrons. The predicted octanol–water partition coefficient (Wildman–Crippen LogP) is 2.34. The Morgan fingerprint density at radius 3 is 2.32 bits per heavy atom. The van der Waals surface area contributed by atoms with E-state index in [-0.39, 0.29) is 21.4 Å². The number of nitrogens with zero attached hydrogens (tertiary/aromatic N) is 1. The summed E-state index contributed by atoms with van der Waals surface area (Å²) in [6.07, 6.45) is 3.07. The third-order valence-electron chi connectivity index (χ3n) is 5.41. The van der Waals surface area contributed by atoms with Crippen molar-refractivity contribution in [2.75, 3.05) is 19.7 Å². The van der Waals surface area contributed by atoms with Gasteiger partial charge in [0.05, 0.1) is 15.4 Å². The minimum atomic E-state index is -3.72. The molecule has 0 bridgehead atoms. The molecule has 0 amide bonds. The lowest BCUT2D eigenvalue weighted by molar-refractivity contribution is -0.0599. The van der Waals surface area contributed by atoms with Crippen LogP contribution < -0.4 is 4.72 Å². The van der Waals surface area contributed by atoms with Crippen LogP contribution in [0.4, 0.5) is 0 Å². The van der Waals surface area contributed by atoms with E-state index in [2.05, 4.69) is 4.72 Å². The molecular weight excluding hydrogens is 400 g/mol. The summed E-state index contributed by atoms with van der Waals surface area (Å²) in [5, 5.41) is 0. The Morgan fingerprint density at radius 2 is 1.71 bits per heavy atom. The number of rotatable bonds is 5. The number of nitrogens with one attached hydrogen (secondary N) is 1. The number of benzene rings is 1. The Kier molecular flexibility index (Phi) is 6.22. The average molecular weight is 431 g/mol. The Morgan fingerprint density at radius 1 is 1.07 bits per heavy atom. The minimum Gasteiger partial charge on any atom is -0.375 e. The number of piperidine rings is 1. The molecular formula is C19H30N2O5S2. The van der Waals surface area contributed by atoms with Gasteiger partial charge in [0.15, 0.2) is 0 Å². The molecule has 1 N–H and O–H groups in total. The summed E-state index contributed by atoms with van der Waals surface area (Å²) in [5.41, 5.74) is -0.366. The molecule has 1 aromatic rings. The van der Waals surface area contributed by atoms with Crippen molar-refractivity contribution in [1.29, 1.82) is 0 Å². The minimum absolute atomic E-state index is 0.0720. The van der Waals surface area contributed by atoms with Gasteiger partial charge in [0.2, 0.25) is 20.0 Å². The van der Waals surface area contributed by atoms with E-state index in [1.54, 1.807) is 0 Å². The maximum Gasteiger partial charge on any atom is 0.243 e. The van der Waals surface area contributed by atoms with E-state index in [1.165, 1.54) is 28.6 Å². The summed E-state index contributed by atoms with van der Waals surface area (Å²) >= 11 is 0. The van der Waals surface area contributed by atoms with Gasteiger partial charge in [-0.1, -0.05) is 6.92 Å². The second-order valence-corrected chi connectivity index (χ2v) is 12.2. The molecule has 2 fully saturated rings. The molecule has 158 valence electrons. The summed E-state index contributed by atoms with van der Waals surface area (Å²) in [6.45, 7) is 7.44. The fourth-order valence-electron chi connectivity index (χ4n) is 3.92. The normalized spacial score (nSPS) is 26.8. The van der Waals surface area contributed by atoms with Crippen molar-refractivity contribution in [3.63, 3.8) is 0 Å². The highest BCUT2D eigenvalue weighted by atomic mass is 32.2. The lowest BCUT2D eigenvalue weighted by Gasteiger charge is -2.35. The fourth-order valence-corrected chi connectivity index (χ4v) is 6.79. The van der Waals surface area contributed by atoms with E-state index >= 15 is 0 Å². The van der Waals surface area contributed by atoms with Crippen molar-refractivity contribution in [1.82, 2.24) is 9.03 Å². The first-order valence-corrected chi connectivity index (χ1v) is 12.7. The smallest absolute Gasteiger partial charge is 0.243 e. The van der Waals surface area contributed by atoms with Crippen molar-refractivity contribution in [3.05, 3.63) is 24.3 Å². The van der Waals surface area contributed by atoms with Crippen LogP contribution in [0.2, 0.25) is 0 Å². The highest BCUT2D eigenvalue weighted by molar-refractivity contribution is 7.89. The van der Waals surface area contributed by atoms with E-state index in [0.29, 0.717) is 38.5 Å². The first kappa shape index (κ1) is 21.7. The Labute approximate surface area is 168 Å². The average Bonchev–Trinajstić information content (AvgIpc) is 2.60. The summed E-state index contributed by atoms with van der Waals surface area (Å²) in [4.78, 5) is 0.204. The lowest BCUT2D eigenvalue weighted by Crippen LogP contribution is -2.45. The maximum atomic E-state index is 12.8. The van der Waals surface area contributed by atoms with Crippen LogP contribution in [0, 0.1) is 5.92 Å². The second-order valence-electron chi connectivity index (χ2n) is 8.50. The van der Waals surface area contributed by atoms with Crippen LogP contribution in [0.1, 0.15) is 46.5 Å². The molecule has 0 aromatic heterocycles. The molecule has 2 aliphatic heterocycles. The molecule has 2 aliphatic rings. The monoisotopic (exact) mass is 430 g/mol. The van der Waals surface area contributed by atoms with Gasteiger partial charge in [0, 0.05) is 25.7 Å². The van der Waals surface area contributed by atoms with E-state index in [1.807, 2.05) is 20.8 Å².